The Morgan fingerprint density at radius 2 is 1.72 bits per heavy atom. The number of nitrogens with zero attached hydrogens (tertiary/aromatic N) is 1. The summed E-state index contributed by atoms with van der Waals surface area (Å²) in [4.78, 5) is 25.4. The lowest BCUT2D eigenvalue weighted by atomic mass is 10.1. The summed E-state index contributed by atoms with van der Waals surface area (Å²) in [5.41, 5.74) is 3.14. The molecule has 0 spiro atoms. The summed E-state index contributed by atoms with van der Waals surface area (Å²) in [6.45, 7) is 1.86. The number of hydrogen-bond donors (Lipinski definition) is 2. The van der Waals surface area contributed by atoms with Gasteiger partial charge in [0.1, 0.15) is 0 Å². The summed E-state index contributed by atoms with van der Waals surface area (Å²) < 4.78 is 0. The number of urea groups is 1. The van der Waals surface area contributed by atoms with E-state index in [1.54, 1.807) is 0 Å². The summed E-state index contributed by atoms with van der Waals surface area (Å²) >= 11 is 0. The minimum Gasteiger partial charge on any atom is -0.338 e. The zero-order chi connectivity index (χ0) is 17.5. The van der Waals surface area contributed by atoms with Gasteiger partial charge in [-0.05, 0) is 36.1 Å². The van der Waals surface area contributed by atoms with Crippen molar-refractivity contribution in [2.75, 3.05) is 18.0 Å². The van der Waals surface area contributed by atoms with Crippen molar-refractivity contribution in [1.82, 2.24) is 10.6 Å². The molecule has 0 atom stereocenters. The van der Waals surface area contributed by atoms with Crippen molar-refractivity contribution in [2.45, 2.75) is 25.8 Å². The zero-order valence-electron chi connectivity index (χ0n) is 14.2. The Morgan fingerprint density at radius 1 is 0.960 bits per heavy atom. The topological polar surface area (TPSA) is 61.4 Å². The molecule has 1 heterocycles. The van der Waals surface area contributed by atoms with Gasteiger partial charge in [0.15, 0.2) is 0 Å². The van der Waals surface area contributed by atoms with Gasteiger partial charge in [0, 0.05) is 31.7 Å². The molecule has 1 aliphatic rings. The minimum absolute atomic E-state index is 0.172. The average molecular weight is 337 g/mol. The predicted molar refractivity (Wildman–Crippen MR) is 98.4 cm³/mol. The van der Waals surface area contributed by atoms with Crippen LogP contribution in [0.2, 0.25) is 0 Å². The molecule has 0 aliphatic carbocycles. The highest BCUT2D eigenvalue weighted by molar-refractivity contribution is 5.95. The molecule has 0 bridgehead atoms. The monoisotopic (exact) mass is 337 g/mol. The lowest BCUT2D eigenvalue weighted by Gasteiger charge is -2.16. The summed E-state index contributed by atoms with van der Waals surface area (Å²) in [5.74, 6) is 0.184. The van der Waals surface area contributed by atoms with Gasteiger partial charge in [0.25, 0.3) is 0 Å². The fourth-order valence-corrected chi connectivity index (χ4v) is 2.92. The van der Waals surface area contributed by atoms with E-state index < -0.39 is 0 Å². The highest BCUT2D eigenvalue weighted by Crippen LogP contribution is 2.21. The van der Waals surface area contributed by atoms with Crippen LogP contribution < -0.4 is 15.5 Å². The maximum absolute atomic E-state index is 11.9. The Labute approximate surface area is 148 Å². The van der Waals surface area contributed by atoms with E-state index in [9.17, 15) is 9.59 Å². The van der Waals surface area contributed by atoms with Crippen molar-refractivity contribution in [3.63, 3.8) is 0 Å². The number of rotatable bonds is 6. The second kappa shape index (κ2) is 8.33. The van der Waals surface area contributed by atoms with Crippen LogP contribution in [0.15, 0.2) is 54.6 Å². The lowest BCUT2D eigenvalue weighted by Crippen LogP contribution is -2.36. The number of carbonyl (C=O) groups is 2. The number of nitrogens with one attached hydrogen (secondary N) is 2. The summed E-state index contributed by atoms with van der Waals surface area (Å²) in [7, 11) is 0. The summed E-state index contributed by atoms with van der Waals surface area (Å²) in [6.07, 6.45) is 2.37. The van der Waals surface area contributed by atoms with Gasteiger partial charge in [-0.25, -0.2) is 4.79 Å². The van der Waals surface area contributed by atoms with Crippen LogP contribution in [0.1, 0.15) is 24.0 Å². The Bertz CT molecular complexity index is 713. The first-order chi connectivity index (χ1) is 12.2. The van der Waals surface area contributed by atoms with Crippen molar-refractivity contribution in [3.05, 3.63) is 65.7 Å². The Kier molecular flexibility index (Phi) is 5.67. The molecule has 0 saturated carbocycles. The number of carbonyl (C=O) groups excluding carboxylic acids is 2. The molecule has 2 aromatic carbocycles. The van der Waals surface area contributed by atoms with Crippen molar-refractivity contribution in [2.24, 2.45) is 0 Å². The fourth-order valence-electron chi connectivity index (χ4n) is 2.92. The quantitative estimate of drug-likeness (QED) is 0.851. The first-order valence-electron chi connectivity index (χ1n) is 8.67. The molecule has 2 N–H and O–H groups in total. The molecule has 5 heteroatoms. The Hall–Kier alpha value is -2.82. The lowest BCUT2D eigenvalue weighted by molar-refractivity contribution is -0.117. The van der Waals surface area contributed by atoms with Crippen LogP contribution in [0.25, 0.3) is 0 Å². The van der Waals surface area contributed by atoms with Crippen molar-refractivity contribution in [1.29, 1.82) is 0 Å². The Morgan fingerprint density at radius 3 is 2.40 bits per heavy atom. The molecule has 0 aromatic heterocycles. The van der Waals surface area contributed by atoms with Crippen LogP contribution in [0.3, 0.4) is 0 Å². The minimum atomic E-state index is -0.172. The van der Waals surface area contributed by atoms with Gasteiger partial charge in [-0.3, -0.25) is 4.79 Å². The van der Waals surface area contributed by atoms with Crippen molar-refractivity contribution >= 4 is 17.6 Å². The molecule has 5 nitrogen and oxygen atoms in total. The first-order valence-corrected chi connectivity index (χ1v) is 8.67. The van der Waals surface area contributed by atoms with E-state index in [4.69, 9.17) is 0 Å². The van der Waals surface area contributed by atoms with Gasteiger partial charge in [0.05, 0.1) is 0 Å². The van der Waals surface area contributed by atoms with E-state index in [-0.39, 0.29) is 11.9 Å². The van der Waals surface area contributed by atoms with Crippen LogP contribution in [-0.4, -0.2) is 25.0 Å². The molecule has 0 radical (unpaired) electrons. The smallest absolute Gasteiger partial charge is 0.315 e. The van der Waals surface area contributed by atoms with Gasteiger partial charge >= 0.3 is 6.03 Å². The Balaban J connectivity index is 1.40. The van der Waals surface area contributed by atoms with Crippen molar-refractivity contribution < 1.29 is 9.59 Å². The third kappa shape index (κ3) is 4.83. The SMILES string of the molecule is O=C(NCCc1ccccc1)NCc1ccc(N2CCCC2=O)cc1. The summed E-state index contributed by atoms with van der Waals surface area (Å²) in [6, 6.07) is 17.7. The molecule has 130 valence electrons. The molecule has 0 unspecified atom stereocenters. The molecule has 2 aromatic rings. The molecule has 3 amide bonds. The number of amides is 3. The second-order valence-electron chi connectivity index (χ2n) is 6.16. The predicted octanol–water partition coefficient (Wildman–Crippen LogP) is 2.86. The molecular formula is C20H23N3O2. The highest BCUT2D eigenvalue weighted by Gasteiger charge is 2.21. The van der Waals surface area contributed by atoms with Gasteiger partial charge in [0.2, 0.25) is 5.91 Å². The van der Waals surface area contributed by atoms with E-state index in [2.05, 4.69) is 10.6 Å². The maximum atomic E-state index is 11.9. The van der Waals surface area contributed by atoms with E-state index in [0.29, 0.717) is 19.5 Å². The third-order valence-corrected chi connectivity index (χ3v) is 4.32. The first kappa shape index (κ1) is 17.0. The second-order valence-corrected chi connectivity index (χ2v) is 6.16. The zero-order valence-corrected chi connectivity index (χ0v) is 14.2. The van der Waals surface area contributed by atoms with Gasteiger partial charge < -0.3 is 15.5 Å². The number of anilines is 1. The molecule has 1 fully saturated rings. The molecule has 1 saturated heterocycles. The van der Waals surface area contributed by atoms with Gasteiger partial charge in [-0.1, -0.05) is 42.5 Å². The van der Waals surface area contributed by atoms with Crippen LogP contribution in [0.5, 0.6) is 0 Å². The van der Waals surface area contributed by atoms with Gasteiger partial charge in [-0.2, -0.15) is 0 Å². The van der Waals surface area contributed by atoms with Crippen LogP contribution in [0.4, 0.5) is 10.5 Å². The maximum Gasteiger partial charge on any atom is 0.315 e. The summed E-state index contributed by atoms with van der Waals surface area (Å²) in [5, 5.41) is 5.71. The van der Waals surface area contributed by atoms with Gasteiger partial charge in [-0.15, -0.1) is 0 Å². The van der Waals surface area contributed by atoms with Crippen LogP contribution in [0, 0.1) is 0 Å². The fraction of sp³-hybridized carbons (Fsp3) is 0.300. The highest BCUT2D eigenvalue weighted by atomic mass is 16.2. The average Bonchev–Trinajstić information content (AvgIpc) is 3.07. The standard InChI is InChI=1S/C20H23N3O2/c24-19-7-4-14-23(19)18-10-8-17(9-11-18)15-22-20(25)21-13-12-16-5-2-1-3-6-16/h1-3,5-6,8-11H,4,7,12-15H2,(H2,21,22,25). The van der Waals surface area contributed by atoms with E-state index in [0.717, 1.165) is 30.6 Å². The molecular weight excluding hydrogens is 314 g/mol. The number of benzene rings is 2. The van der Waals surface area contributed by atoms with E-state index >= 15 is 0 Å². The molecule has 3 rings (SSSR count). The largest absolute Gasteiger partial charge is 0.338 e. The third-order valence-electron chi connectivity index (χ3n) is 4.32. The van der Waals surface area contributed by atoms with Crippen molar-refractivity contribution in [3.8, 4) is 0 Å². The molecule has 25 heavy (non-hydrogen) atoms. The molecule has 1 aliphatic heterocycles. The number of hydrogen-bond acceptors (Lipinski definition) is 2. The normalized spacial score (nSPS) is 13.8. The van der Waals surface area contributed by atoms with E-state index in [1.807, 2.05) is 59.5 Å². The van der Waals surface area contributed by atoms with E-state index in [1.165, 1.54) is 5.56 Å². The van der Waals surface area contributed by atoms with Crippen LogP contribution >= 0.6 is 0 Å². The van der Waals surface area contributed by atoms with Crippen LogP contribution in [-0.2, 0) is 17.8 Å².